The van der Waals surface area contributed by atoms with E-state index in [0.29, 0.717) is 49.0 Å². The number of carbonyl (C=O) groups excluding carboxylic acids is 1. The first kappa shape index (κ1) is 26.7. The summed E-state index contributed by atoms with van der Waals surface area (Å²) < 4.78 is 31.8. The Hall–Kier alpha value is -3.47. The molecule has 2 aromatic heterocycles. The molecule has 4 aromatic rings. The smallest absolute Gasteiger partial charge is 0.236 e. The van der Waals surface area contributed by atoms with Crippen molar-refractivity contribution < 1.29 is 17.9 Å². The molecule has 40 heavy (non-hydrogen) atoms. The molecule has 2 N–H and O–H groups in total. The zero-order chi connectivity index (χ0) is 28.0. The van der Waals surface area contributed by atoms with Gasteiger partial charge < -0.3 is 15.4 Å². The Morgan fingerprint density at radius 1 is 1.15 bits per heavy atom. The molecule has 0 bridgehead atoms. The van der Waals surface area contributed by atoms with Crippen molar-refractivity contribution in [3.05, 3.63) is 83.4 Å². The lowest BCUT2D eigenvalue weighted by Gasteiger charge is -2.38. The minimum absolute atomic E-state index is 0.0817. The van der Waals surface area contributed by atoms with Crippen molar-refractivity contribution in [2.24, 2.45) is 0 Å². The number of amides is 1. The van der Waals surface area contributed by atoms with E-state index in [4.69, 9.17) is 16.3 Å². The van der Waals surface area contributed by atoms with Crippen molar-refractivity contribution >= 4 is 43.8 Å². The molecule has 4 heterocycles. The van der Waals surface area contributed by atoms with Gasteiger partial charge in [-0.05, 0) is 31.5 Å². The highest BCUT2D eigenvalue weighted by Gasteiger charge is 2.45. The van der Waals surface area contributed by atoms with Crippen LogP contribution in [0.1, 0.15) is 30.9 Å². The van der Waals surface area contributed by atoms with Crippen LogP contribution >= 0.6 is 11.6 Å². The average Bonchev–Trinajstić information content (AvgIpc) is 3.53. The van der Waals surface area contributed by atoms with E-state index >= 15 is 0 Å². The minimum atomic E-state index is -3.06. The fourth-order valence-corrected chi connectivity index (χ4v) is 8.06. The van der Waals surface area contributed by atoms with Crippen LogP contribution < -0.4 is 15.4 Å². The van der Waals surface area contributed by atoms with Gasteiger partial charge in [-0.25, -0.2) is 8.42 Å². The largest absolute Gasteiger partial charge is 0.493 e. The van der Waals surface area contributed by atoms with Crippen molar-refractivity contribution in [3.63, 3.8) is 0 Å². The summed E-state index contributed by atoms with van der Waals surface area (Å²) in [5, 5.41) is 13.4. The molecule has 9 nitrogen and oxygen atoms in total. The van der Waals surface area contributed by atoms with E-state index in [2.05, 4.69) is 20.7 Å². The van der Waals surface area contributed by atoms with Crippen LogP contribution in [-0.2, 0) is 32.1 Å². The van der Waals surface area contributed by atoms with Gasteiger partial charge in [-0.15, -0.1) is 0 Å². The molecular formula is C29H30ClN5O4S. The monoisotopic (exact) mass is 579 g/mol. The molecule has 208 valence electrons. The second kappa shape index (κ2) is 10.2. The molecule has 2 aliphatic rings. The summed E-state index contributed by atoms with van der Waals surface area (Å²) in [7, 11) is -3.06. The van der Waals surface area contributed by atoms with Gasteiger partial charge in [-0.1, -0.05) is 35.9 Å². The van der Waals surface area contributed by atoms with Crippen molar-refractivity contribution in [1.29, 1.82) is 0 Å². The first-order valence-electron chi connectivity index (χ1n) is 13.2. The van der Waals surface area contributed by atoms with Crippen LogP contribution in [0, 0.1) is 0 Å². The SMILES string of the molecule is CC1(n2cc(CNCC3(C(=O)Nc4cncc5ccccc45)CCOc4ccc(Cl)cc43)cn2)CCS(=O)(=O)C1. The molecular weight excluding hydrogens is 550 g/mol. The Morgan fingerprint density at radius 2 is 2.00 bits per heavy atom. The number of hydrogen-bond donors (Lipinski definition) is 2. The van der Waals surface area contributed by atoms with Crippen molar-refractivity contribution in [2.45, 2.75) is 37.3 Å². The summed E-state index contributed by atoms with van der Waals surface area (Å²) in [5.74, 6) is 0.708. The summed E-state index contributed by atoms with van der Waals surface area (Å²) in [6.45, 7) is 3.07. The normalized spacial score (nSPS) is 23.4. The number of fused-ring (bicyclic) bond motifs is 2. The fraction of sp³-hybridized carbons (Fsp3) is 0.345. The number of rotatable bonds is 7. The topological polar surface area (TPSA) is 115 Å². The van der Waals surface area contributed by atoms with Gasteiger partial charge in [0.25, 0.3) is 0 Å². The predicted octanol–water partition coefficient (Wildman–Crippen LogP) is 4.07. The van der Waals surface area contributed by atoms with E-state index in [-0.39, 0.29) is 17.4 Å². The van der Waals surface area contributed by atoms with Crippen LogP contribution in [0.25, 0.3) is 10.8 Å². The summed E-state index contributed by atoms with van der Waals surface area (Å²) >= 11 is 6.40. The van der Waals surface area contributed by atoms with E-state index in [0.717, 1.165) is 21.9 Å². The van der Waals surface area contributed by atoms with Gasteiger partial charge in [-0.2, -0.15) is 5.10 Å². The fourth-order valence-electron chi connectivity index (χ4n) is 5.77. The van der Waals surface area contributed by atoms with Gasteiger partial charge in [0, 0.05) is 58.8 Å². The quantitative estimate of drug-likeness (QED) is 0.339. The molecule has 0 spiro atoms. The zero-order valence-corrected chi connectivity index (χ0v) is 23.6. The average molecular weight is 580 g/mol. The van der Waals surface area contributed by atoms with Crippen LogP contribution in [0.4, 0.5) is 5.69 Å². The Morgan fingerprint density at radius 3 is 2.83 bits per heavy atom. The zero-order valence-electron chi connectivity index (χ0n) is 22.1. The van der Waals surface area contributed by atoms with Gasteiger partial charge >= 0.3 is 0 Å². The van der Waals surface area contributed by atoms with Crippen LogP contribution in [-0.4, -0.2) is 53.7 Å². The van der Waals surface area contributed by atoms with Crippen LogP contribution in [0.3, 0.4) is 0 Å². The molecule has 2 unspecified atom stereocenters. The number of hydrogen-bond acceptors (Lipinski definition) is 7. The maximum absolute atomic E-state index is 14.2. The molecule has 2 aromatic carbocycles. The van der Waals surface area contributed by atoms with Crippen molar-refractivity contribution in [3.8, 4) is 5.75 Å². The highest BCUT2D eigenvalue weighted by Crippen LogP contribution is 2.41. The lowest BCUT2D eigenvalue weighted by Crippen LogP contribution is -2.50. The number of benzene rings is 2. The molecule has 2 atom stereocenters. The van der Waals surface area contributed by atoms with Gasteiger partial charge in [0.05, 0.1) is 47.1 Å². The number of carbonyl (C=O) groups is 1. The highest BCUT2D eigenvalue weighted by molar-refractivity contribution is 7.91. The van der Waals surface area contributed by atoms with E-state index in [1.165, 1.54) is 0 Å². The number of anilines is 1. The summed E-state index contributed by atoms with van der Waals surface area (Å²) in [4.78, 5) is 18.5. The minimum Gasteiger partial charge on any atom is -0.493 e. The molecule has 11 heteroatoms. The lowest BCUT2D eigenvalue weighted by molar-refractivity contribution is -0.122. The van der Waals surface area contributed by atoms with E-state index in [1.54, 1.807) is 41.5 Å². The third kappa shape index (κ3) is 4.95. The molecule has 1 fully saturated rings. The number of nitrogens with zero attached hydrogens (tertiary/aromatic N) is 3. The Bertz CT molecular complexity index is 1700. The molecule has 0 aliphatic carbocycles. The number of nitrogens with one attached hydrogen (secondary N) is 2. The van der Waals surface area contributed by atoms with Gasteiger partial charge in [0.1, 0.15) is 5.75 Å². The number of ether oxygens (including phenoxy) is 1. The van der Waals surface area contributed by atoms with Crippen LogP contribution in [0.2, 0.25) is 5.02 Å². The molecule has 2 aliphatic heterocycles. The van der Waals surface area contributed by atoms with Crippen LogP contribution in [0.15, 0.2) is 67.3 Å². The summed E-state index contributed by atoms with van der Waals surface area (Å²) in [6.07, 6.45) is 8.05. The summed E-state index contributed by atoms with van der Waals surface area (Å²) in [5.41, 5.74) is 0.748. The molecule has 0 saturated carbocycles. The molecule has 0 radical (unpaired) electrons. The molecule has 6 rings (SSSR count). The van der Waals surface area contributed by atoms with Crippen LogP contribution in [0.5, 0.6) is 5.75 Å². The third-order valence-electron chi connectivity index (χ3n) is 8.02. The molecule has 1 saturated heterocycles. The molecule has 1 amide bonds. The van der Waals surface area contributed by atoms with Gasteiger partial charge in [0.2, 0.25) is 5.91 Å². The maximum atomic E-state index is 14.2. The van der Waals surface area contributed by atoms with Crippen molar-refractivity contribution in [2.75, 3.05) is 30.0 Å². The summed E-state index contributed by atoms with van der Waals surface area (Å²) in [6, 6.07) is 13.2. The lowest BCUT2D eigenvalue weighted by atomic mass is 9.74. The van der Waals surface area contributed by atoms with E-state index in [1.807, 2.05) is 37.4 Å². The Kier molecular flexibility index (Phi) is 6.80. The Balaban J connectivity index is 1.27. The maximum Gasteiger partial charge on any atom is 0.236 e. The standard InChI is InChI=1S/C29H30ClN5O4S/c1-28(9-11-40(37,38)19-28)35-17-20(14-33-35)13-32-18-29(8-10-39-26-7-6-22(30)12-24(26)29)27(36)34-25-16-31-15-21-4-2-3-5-23(21)25/h2-7,12,14-17,32H,8-11,13,18-19H2,1H3,(H,34,36). The number of aromatic nitrogens is 3. The highest BCUT2D eigenvalue weighted by atomic mass is 35.5. The Labute approximate surface area is 237 Å². The van der Waals surface area contributed by atoms with E-state index in [9.17, 15) is 13.2 Å². The number of pyridine rings is 1. The first-order valence-corrected chi connectivity index (χ1v) is 15.4. The van der Waals surface area contributed by atoms with E-state index < -0.39 is 20.8 Å². The predicted molar refractivity (Wildman–Crippen MR) is 154 cm³/mol. The number of sulfone groups is 1. The third-order valence-corrected chi connectivity index (χ3v) is 10.1. The van der Waals surface area contributed by atoms with Crippen molar-refractivity contribution in [1.82, 2.24) is 20.1 Å². The number of halogens is 1. The first-order chi connectivity index (χ1) is 19.2. The second-order valence-electron chi connectivity index (χ2n) is 10.9. The second-order valence-corrected chi connectivity index (χ2v) is 13.5. The van der Waals surface area contributed by atoms with Gasteiger partial charge in [0.15, 0.2) is 9.84 Å². The van der Waals surface area contributed by atoms with Gasteiger partial charge in [-0.3, -0.25) is 14.5 Å².